The Kier molecular flexibility index (Phi) is 2.44. The SMILES string of the molecule is Cc1cc(Br)cc(C2(N)CCC2)c1C. The number of rotatable bonds is 1. The third-order valence-corrected chi connectivity index (χ3v) is 3.87. The van der Waals surface area contributed by atoms with Crippen LogP contribution in [0.4, 0.5) is 0 Å². The Labute approximate surface area is 93.8 Å². The molecule has 0 atom stereocenters. The van der Waals surface area contributed by atoms with Gasteiger partial charge in [0, 0.05) is 10.0 Å². The standard InChI is InChI=1S/C12H16BrN/c1-8-6-10(13)7-11(9(8)2)12(14)4-3-5-12/h6-7H,3-5,14H2,1-2H3. The molecular weight excluding hydrogens is 238 g/mol. The van der Waals surface area contributed by atoms with Gasteiger partial charge in [-0.1, -0.05) is 15.9 Å². The largest absolute Gasteiger partial charge is 0.321 e. The normalized spacial score (nSPS) is 19.1. The molecule has 1 aliphatic rings. The zero-order valence-electron chi connectivity index (χ0n) is 8.73. The summed E-state index contributed by atoms with van der Waals surface area (Å²) in [5.41, 5.74) is 10.3. The molecule has 0 bridgehead atoms. The van der Waals surface area contributed by atoms with Crippen LogP contribution >= 0.6 is 15.9 Å². The fraction of sp³-hybridized carbons (Fsp3) is 0.500. The summed E-state index contributed by atoms with van der Waals surface area (Å²) in [6.45, 7) is 4.32. The molecule has 2 rings (SSSR count). The van der Waals surface area contributed by atoms with Gasteiger partial charge in [-0.25, -0.2) is 0 Å². The predicted molar refractivity (Wildman–Crippen MR) is 63.3 cm³/mol. The van der Waals surface area contributed by atoms with E-state index in [9.17, 15) is 0 Å². The molecule has 0 spiro atoms. The number of hydrogen-bond donors (Lipinski definition) is 1. The van der Waals surface area contributed by atoms with Gasteiger partial charge in [-0.05, 0) is 61.9 Å². The molecule has 0 amide bonds. The summed E-state index contributed by atoms with van der Waals surface area (Å²) in [5.74, 6) is 0. The molecule has 2 N–H and O–H groups in total. The fourth-order valence-electron chi connectivity index (χ4n) is 2.16. The van der Waals surface area contributed by atoms with Gasteiger partial charge in [-0.15, -0.1) is 0 Å². The average Bonchev–Trinajstić information content (AvgIpc) is 2.07. The van der Waals surface area contributed by atoms with Crippen LogP contribution in [0, 0.1) is 13.8 Å². The first-order valence-corrected chi connectivity index (χ1v) is 5.88. The minimum atomic E-state index is -0.0430. The van der Waals surface area contributed by atoms with Gasteiger partial charge in [0.2, 0.25) is 0 Å². The smallest absolute Gasteiger partial charge is 0.0412 e. The van der Waals surface area contributed by atoms with E-state index in [2.05, 4.69) is 41.9 Å². The molecule has 0 aliphatic heterocycles. The van der Waals surface area contributed by atoms with Crippen molar-refractivity contribution in [3.8, 4) is 0 Å². The second kappa shape index (κ2) is 3.35. The molecule has 1 fully saturated rings. The molecule has 0 unspecified atom stereocenters. The second-order valence-corrected chi connectivity index (χ2v) is 5.32. The Morgan fingerprint density at radius 1 is 1.29 bits per heavy atom. The van der Waals surface area contributed by atoms with Crippen molar-refractivity contribution in [3.63, 3.8) is 0 Å². The van der Waals surface area contributed by atoms with Gasteiger partial charge in [-0.3, -0.25) is 0 Å². The van der Waals surface area contributed by atoms with E-state index in [1.54, 1.807) is 0 Å². The third-order valence-electron chi connectivity index (χ3n) is 3.41. The van der Waals surface area contributed by atoms with Crippen LogP contribution < -0.4 is 5.73 Å². The zero-order chi connectivity index (χ0) is 10.3. The molecule has 1 saturated carbocycles. The van der Waals surface area contributed by atoms with E-state index >= 15 is 0 Å². The van der Waals surface area contributed by atoms with E-state index in [1.807, 2.05) is 0 Å². The lowest BCUT2D eigenvalue weighted by Crippen LogP contribution is -2.44. The van der Waals surface area contributed by atoms with Crippen molar-refractivity contribution in [1.29, 1.82) is 0 Å². The van der Waals surface area contributed by atoms with Crippen LogP contribution in [0.2, 0.25) is 0 Å². The van der Waals surface area contributed by atoms with Crippen LogP contribution in [0.1, 0.15) is 36.0 Å². The van der Waals surface area contributed by atoms with Gasteiger partial charge < -0.3 is 5.73 Å². The Balaban J connectivity index is 2.51. The Morgan fingerprint density at radius 2 is 1.93 bits per heavy atom. The average molecular weight is 254 g/mol. The van der Waals surface area contributed by atoms with Crippen LogP contribution in [-0.4, -0.2) is 0 Å². The molecule has 0 aromatic heterocycles. The monoisotopic (exact) mass is 253 g/mol. The van der Waals surface area contributed by atoms with E-state index in [-0.39, 0.29) is 5.54 Å². The minimum absolute atomic E-state index is 0.0430. The Bertz CT molecular complexity index is 367. The summed E-state index contributed by atoms with van der Waals surface area (Å²) in [4.78, 5) is 0. The molecule has 2 heteroatoms. The van der Waals surface area contributed by atoms with Crippen LogP contribution in [0.5, 0.6) is 0 Å². The maximum atomic E-state index is 6.34. The Morgan fingerprint density at radius 3 is 2.43 bits per heavy atom. The highest BCUT2D eigenvalue weighted by Gasteiger charge is 2.35. The van der Waals surface area contributed by atoms with E-state index in [1.165, 1.54) is 23.1 Å². The number of aryl methyl sites for hydroxylation is 1. The van der Waals surface area contributed by atoms with Gasteiger partial charge in [-0.2, -0.15) is 0 Å². The van der Waals surface area contributed by atoms with E-state index < -0.39 is 0 Å². The first kappa shape index (κ1) is 10.2. The molecule has 0 heterocycles. The molecule has 0 radical (unpaired) electrons. The molecular formula is C12H16BrN. The second-order valence-electron chi connectivity index (χ2n) is 4.40. The van der Waals surface area contributed by atoms with Crippen LogP contribution in [-0.2, 0) is 5.54 Å². The maximum absolute atomic E-state index is 6.34. The summed E-state index contributed by atoms with van der Waals surface area (Å²) in [6, 6.07) is 4.34. The first-order valence-electron chi connectivity index (χ1n) is 5.09. The zero-order valence-corrected chi connectivity index (χ0v) is 10.3. The number of halogens is 1. The summed E-state index contributed by atoms with van der Waals surface area (Å²) in [7, 11) is 0. The number of nitrogens with two attached hydrogens (primary N) is 1. The van der Waals surface area contributed by atoms with Gasteiger partial charge in [0.1, 0.15) is 0 Å². The van der Waals surface area contributed by atoms with Crippen LogP contribution in [0.25, 0.3) is 0 Å². The summed E-state index contributed by atoms with van der Waals surface area (Å²) < 4.78 is 1.15. The highest BCUT2D eigenvalue weighted by Crippen LogP contribution is 2.41. The molecule has 0 saturated heterocycles. The molecule has 76 valence electrons. The van der Waals surface area contributed by atoms with Gasteiger partial charge in [0.15, 0.2) is 0 Å². The van der Waals surface area contributed by atoms with Gasteiger partial charge >= 0.3 is 0 Å². The molecule has 14 heavy (non-hydrogen) atoms. The molecule has 1 aromatic rings. The number of benzene rings is 1. The van der Waals surface area contributed by atoms with E-state index in [0.29, 0.717) is 0 Å². The topological polar surface area (TPSA) is 26.0 Å². The van der Waals surface area contributed by atoms with Crippen LogP contribution in [0.3, 0.4) is 0 Å². The Hall–Kier alpha value is -0.340. The third kappa shape index (κ3) is 1.51. The highest BCUT2D eigenvalue weighted by molar-refractivity contribution is 9.10. The van der Waals surface area contributed by atoms with Crippen molar-refractivity contribution in [2.45, 2.75) is 38.6 Å². The van der Waals surface area contributed by atoms with Gasteiger partial charge in [0.25, 0.3) is 0 Å². The summed E-state index contributed by atoms with van der Waals surface area (Å²) in [5, 5.41) is 0. The van der Waals surface area contributed by atoms with Crippen molar-refractivity contribution in [1.82, 2.24) is 0 Å². The summed E-state index contributed by atoms with van der Waals surface area (Å²) in [6.07, 6.45) is 3.52. The fourth-order valence-corrected chi connectivity index (χ4v) is 2.73. The first-order chi connectivity index (χ1) is 6.53. The lowest BCUT2D eigenvalue weighted by molar-refractivity contribution is 0.252. The van der Waals surface area contributed by atoms with E-state index in [4.69, 9.17) is 5.73 Å². The van der Waals surface area contributed by atoms with Crippen molar-refractivity contribution >= 4 is 15.9 Å². The molecule has 1 nitrogen and oxygen atoms in total. The number of hydrogen-bond acceptors (Lipinski definition) is 1. The lowest BCUT2D eigenvalue weighted by Gasteiger charge is -2.40. The highest BCUT2D eigenvalue weighted by atomic mass is 79.9. The van der Waals surface area contributed by atoms with E-state index in [0.717, 1.165) is 17.3 Å². The van der Waals surface area contributed by atoms with Crippen LogP contribution in [0.15, 0.2) is 16.6 Å². The van der Waals surface area contributed by atoms with Crippen molar-refractivity contribution < 1.29 is 0 Å². The minimum Gasteiger partial charge on any atom is -0.321 e. The predicted octanol–water partition coefficient (Wildman–Crippen LogP) is 3.40. The quantitative estimate of drug-likeness (QED) is 0.816. The van der Waals surface area contributed by atoms with Crippen molar-refractivity contribution in [2.75, 3.05) is 0 Å². The summed E-state index contributed by atoms with van der Waals surface area (Å²) >= 11 is 3.54. The molecule has 1 aromatic carbocycles. The van der Waals surface area contributed by atoms with Crippen molar-refractivity contribution in [3.05, 3.63) is 33.3 Å². The lowest BCUT2D eigenvalue weighted by atomic mass is 9.71. The maximum Gasteiger partial charge on any atom is 0.0412 e. The van der Waals surface area contributed by atoms with Gasteiger partial charge in [0.05, 0.1) is 0 Å². The molecule has 1 aliphatic carbocycles. The van der Waals surface area contributed by atoms with Crippen molar-refractivity contribution in [2.24, 2.45) is 5.73 Å².